The quantitative estimate of drug-likeness (QED) is 0.0618. The lowest BCUT2D eigenvalue weighted by Gasteiger charge is -2.41. The third-order valence-corrected chi connectivity index (χ3v) is 8.78. The molecule has 0 bridgehead atoms. The number of nitrogens with one attached hydrogen (secondary N) is 3. The van der Waals surface area contributed by atoms with Crippen molar-refractivity contribution in [1.82, 2.24) is 15.2 Å². The van der Waals surface area contributed by atoms with Gasteiger partial charge in [0.05, 0.1) is 31.4 Å². The van der Waals surface area contributed by atoms with Gasteiger partial charge in [0.2, 0.25) is 0 Å². The summed E-state index contributed by atoms with van der Waals surface area (Å²) in [5.74, 6) is -0.0157. The molecule has 4 rings (SSSR count). The van der Waals surface area contributed by atoms with Gasteiger partial charge in [-0.05, 0) is 94.1 Å². The molecule has 2 aromatic carbocycles. The highest BCUT2D eigenvalue weighted by Crippen LogP contribution is 2.28. The smallest absolute Gasteiger partial charge is 0.329 e. The van der Waals surface area contributed by atoms with Crippen molar-refractivity contribution in [2.24, 2.45) is 10.7 Å². The molecule has 0 saturated carbocycles. The molecule has 51 heavy (non-hydrogen) atoms. The molecule has 0 aliphatic carbocycles. The van der Waals surface area contributed by atoms with E-state index in [1.807, 2.05) is 49.4 Å². The molecule has 1 amide bonds. The van der Waals surface area contributed by atoms with E-state index in [0.717, 1.165) is 55.8 Å². The Morgan fingerprint density at radius 2 is 1.67 bits per heavy atom. The summed E-state index contributed by atoms with van der Waals surface area (Å²) in [6.07, 6.45) is 8.48. The summed E-state index contributed by atoms with van der Waals surface area (Å²) in [6, 6.07) is 18.4. The first kappa shape index (κ1) is 38.9. The summed E-state index contributed by atoms with van der Waals surface area (Å²) < 4.78 is 16.4. The Labute approximate surface area is 300 Å². The highest BCUT2D eigenvalue weighted by molar-refractivity contribution is 6.07. The molecule has 1 aliphatic rings. The van der Waals surface area contributed by atoms with Crippen LogP contribution in [0.1, 0.15) is 73.0 Å². The predicted molar refractivity (Wildman–Crippen MR) is 198 cm³/mol. The first-order valence-corrected chi connectivity index (χ1v) is 17.5. The molecule has 0 radical (unpaired) electrons. The van der Waals surface area contributed by atoms with Crippen molar-refractivity contribution in [2.75, 3.05) is 58.5 Å². The van der Waals surface area contributed by atoms with E-state index in [1.54, 1.807) is 30.6 Å². The van der Waals surface area contributed by atoms with Crippen LogP contribution in [-0.2, 0) is 14.3 Å². The van der Waals surface area contributed by atoms with Crippen LogP contribution in [0.15, 0.2) is 78.0 Å². The third kappa shape index (κ3) is 12.8. The number of aliphatic carboxylic acids is 1. The monoisotopic (exact) mass is 701 g/mol. The maximum Gasteiger partial charge on any atom is 0.329 e. The molecule has 0 spiro atoms. The number of ether oxygens (including phenoxy) is 3. The molecule has 1 unspecified atom stereocenters. The van der Waals surface area contributed by atoms with Crippen LogP contribution in [0.5, 0.6) is 5.75 Å². The van der Waals surface area contributed by atoms with Gasteiger partial charge in [0.25, 0.3) is 5.91 Å². The van der Waals surface area contributed by atoms with Crippen molar-refractivity contribution in [3.8, 4) is 5.75 Å². The number of carboxylic acid groups (broad SMARTS) is 1. The van der Waals surface area contributed by atoms with E-state index in [4.69, 9.17) is 30.5 Å². The molecule has 6 N–H and O–H groups in total. The van der Waals surface area contributed by atoms with Gasteiger partial charge in [0, 0.05) is 48.9 Å². The summed E-state index contributed by atoms with van der Waals surface area (Å²) in [4.78, 5) is 34.6. The van der Waals surface area contributed by atoms with Crippen LogP contribution in [-0.4, -0.2) is 97.2 Å². The molecular weight excluding hydrogens is 650 g/mol. The number of aromatic nitrogens is 1. The van der Waals surface area contributed by atoms with Crippen LogP contribution in [0.2, 0.25) is 0 Å². The van der Waals surface area contributed by atoms with E-state index in [2.05, 4.69) is 32.6 Å². The number of carboxylic acids is 1. The van der Waals surface area contributed by atoms with Gasteiger partial charge in [0.15, 0.2) is 5.84 Å². The highest BCUT2D eigenvalue weighted by Gasteiger charge is 2.38. The minimum Gasteiger partial charge on any atom is -0.494 e. The lowest BCUT2D eigenvalue weighted by molar-refractivity contribution is -0.142. The van der Waals surface area contributed by atoms with Crippen molar-refractivity contribution < 1.29 is 28.9 Å². The van der Waals surface area contributed by atoms with Gasteiger partial charge in [-0.2, -0.15) is 0 Å². The number of unbranched alkanes of at least 4 members (excludes halogenated alkanes) is 3. The number of aliphatic imine (C=N–C) groups is 1. The number of nitrogens with zero attached hydrogens (tertiary/aromatic N) is 3. The highest BCUT2D eigenvalue weighted by atomic mass is 16.5. The second-order valence-electron chi connectivity index (χ2n) is 12.8. The van der Waals surface area contributed by atoms with Crippen molar-refractivity contribution in [1.29, 1.82) is 5.41 Å². The topological polar surface area (TPSA) is 184 Å². The summed E-state index contributed by atoms with van der Waals surface area (Å²) in [6.45, 7) is 5.13. The fourth-order valence-electron chi connectivity index (χ4n) is 5.73. The number of hydrogen-bond donors (Lipinski definition) is 5. The van der Waals surface area contributed by atoms with Crippen LogP contribution >= 0.6 is 0 Å². The zero-order chi connectivity index (χ0) is 36.5. The van der Waals surface area contributed by atoms with Crippen LogP contribution in [0, 0.1) is 5.41 Å². The summed E-state index contributed by atoms with van der Waals surface area (Å²) in [5, 5.41) is 23.8. The summed E-state index contributed by atoms with van der Waals surface area (Å²) in [7, 11) is 2.07. The van der Waals surface area contributed by atoms with E-state index < -0.39 is 11.5 Å². The average molecular weight is 702 g/mol. The molecule has 13 heteroatoms. The SMILES string of the molecule is CC(NC(=O)c1cccc(NC2(C(N)=NC(=N)c3ccncc3)CCN(C)CC2)c1)c1cccc(OCCCCCCOCCOCC(=O)O)c1. The lowest BCUT2D eigenvalue weighted by Crippen LogP contribution is -2.56. The Kier molecular flexibility index (Phi) is 15.4. The number of likely N-dealkylation sites (tertiary alicyclic amines) is 1. The number of carbonyl (C=O) groups is 2. The number of piperidine rings is 1. The Bertz CT molecular complexity index is 1590. The van der Waals surface area contributed by atoms with Gasteiger partial charge < -0.3 is 40.6 Å². The van der Waals surface area contributed by atoms with Gasteiger partial charge >= 0.3 is 5.97 Å². The maximum absolute atomic E-state index is 13.4. The molecule has 1 fully saturated rings. The van der Waals surface area contributed by atoms with Crippen LogP contribution < -0.4 is 21.1 Å². The minimum atomic E-state index is -0.982. The second-order valence-corrected chi connectivity index (χ2v) is 12.8. The number of rotatable bonds is 20. The molecule has 3 aromatic rings. The molecule has 1 aliphatic heterocycles. The molecule has 274 valence electrons. The minimum absolute atomic E-state index is 0.0737. The number of benzene rings is 2. The van der Waals surface area contributed by atoms with Gasteiger partial charge in [0.1, 0.15) is 18.2 Å². The van der Waals surface area contributed by atoms with Gasteiger partial charge in [-0.15, -0.1) is 0 Å². The van der Waals surface area contributed by atoms with Crippen molar-refractivity contribution in [3.63, 3.8) is 0 Å². The standard InChI is InChI=1S/C38H51N7O6/c1-28(30-9-8-12-33(26-30)51-22-6-4-3-5-21-49-23-24-50-27-34(46)47)42-36(48)31-10-7-11-32(25-31)44-38(15-19-45(2)20-16-38)37(40)43-35(39)29-13-17-41-18-14-29/h7-14,17-18,25-26,28,44H,3-6,15-16,19-24,27H2,1-2H3,(H,42,48)(H,46,47)(H3,39,40,43). The zero-order valence-corrected chi connectivity index (χ0v) is 29.6. The molecule has 2 heterocycles. The summed E-state index contributed by atoms with van der Waals surface area (Å²) >= 11 is 0. The normalized spacial score (nSPS) is 15.1. The van der Waals surface area contributed by atoms with Crippen molar-refractivity contribution in [2.45, 2.75) is 57.0 Å². The maximum atomic E-state index is 13.4. The van der Waals surface area contributed by atoms with E-state index in [0.29, 0.717) is 49.6 Å². The van der Waals surface area contributed by atoms with Crippen molar-refractivity contribution in [3.05, 3.63) is 89.7 Å². The third-order valence-electron chi connectivity index (χ3n) is 8.78. The van der Waals surface area contributed by atoms with E-state index in [9.17, 15) is 9.59 Å². The van der Waals surface area contributed by atoms with Crippen LogP contribution in [0.3, 0.4) is 0 Å². The van der Waals surface area contributed by atoms with Gasteiger partial charge in [-0.25, -0.2) is 9.79 Å². The van der Waals surface area contributed by atoms with Gasteiger partial charge in [-0.3, -0.25) is 15.2 Å². The molecule has 1 atom stereocenters. The number of pyridine rings is 1. The number of hydrogen-bond acceptors (Lipinski definition) is 9. The number of amides is 1. The number of nitrogens with two attached hydrogens (primary N) is 1. The largest absolute Gasteiger partial charge is 0.494 e. The van der Waals surface area contributed by atoms with Crippen LogP contribution in [0.4, 0.5) is 5.69 Å². The van der Waals surface area contributed by atoms with E-state index in [1.165, 1.54) is 0 Å². The van der Waals surface area contributed by atoms with E-state index >= 15 is 0 Å². The fraction of sp³-hybridized carbons (Fsp3) is 0.447. The fourth-order valence-corrected chi connectivity index (χ4v) is 5.73. The molecular formula is C38H51N7O6. The van der Waals surface area contributed by atoms with E-state index in [-0.39, 0.29) is 31.0 Å². The predicted octanol–water partition coefficient (Wildman–Crippen LogP) is 4.89. The zero-order valence-electron chi connectivity index (χ0n) is 29.6. The van der Waals surface area contributed by atoms with Gasteiger partial charge in [-0.1, -0.05) is 24.6 Å². The Morgan fingerprint density at radius 3 is 2.41 bits per heavy atom. The first-order valence-electron chi connectivity index (χ1n) is 17.5. The van der Waals surface area contributed by atoms with Crippen LogP contribution in [0.25, 0.3) is 0 Å². The Hall–Kier alpha value is -4.85. The number of amidine groups is 2. The lowest BCUT2D eigenvalue weighted by atomic mass is 9.85. The average Bonchev–Trinajstić information content (AvgIpc) is 3.13. The van der Waals surface area contributed by atoms with Crippen molar-refractivity contribution >= 4 is 29.2 Å². The first-order chi connectivity index (χ1) is 24.6. The molecule has 1 saturated heterocycles. The Balaban J connectivity index is 1.27. The summed E-state index contributed by atoms with van der Waals surface area (Å²) in [5.41, 5.74) is 8.80. The Morgan fingerprint density at radius 1 is 0.961 bits per heavy atom. The molecule has 13 nitrogen and oxygen atoms in total. The second kappa shape index (κ2) is 20.1. The number of anilines is 1. The molecule has 1 aromatic heterocycles. The number of carbonyl (C=O) groups excluding carboxylic acids is 1.